The van der Waals surface area contributed by atoms with Crippen LogP contribution in [0.15, 0.2) is 48.5 Å². The quantitative estimate of drug-likeness (QED) is 0.809. The Balaban J connectivity index is 1.61. The second kappa shape index (κ2) is 5.48. The molecule has 1 heteroatoms. The number of hydrogen-bond donors (Lipinski definition) is 1. The summed E-state index contributed by atoms with van der Waals surface area (Å²) in [4.78, 5) is 0. The fourth-order valence-electron chi connectivity index (χ4n) is 2.43. The molecule has 2 aromatic carbocycles. The fraction of sp³-hybridized carbons (Fsp3) is 0.333. The molecule has 0 heterocycles. The molecule has 2 aromatic rings. The van der Waals surface area contributed by atoms with Gasteiger partial charge >= 0.3 is 0 Å². The average molecular weight is 251 g/mol. The first-order valence-electron chi connectivity index (χ1n) is 7.27. The van der Waals surface area contributed by atoms with Gasteiger partial charge in [0.05, 0.1) is 0 Å². The van der Waals surface area contributed by atoms with Crippen LogP contribution in [-0.2, 0) is 13.0 Å². The summed E-state index contributed by atoms with van der Waals surface area (Å²) in [6, 6.07) is 17.8. The van der Waals surface area contributed by atoms with Crippen molar-refractivity contribution < 1.29 is 0 Å². The van der Waals surface area contributed by atoms with Crippen molar-refractivity contribution in [3.63, 3.8) is 0 Å². The Bertz CT molecular complexity index is 538. The maximum Gasteiger partial charge on any atom is 0.0400 e. The van der Waals surface area contributed by atoms with Gasteiger partial charge in [0.2, 0.25) is 0 Å². The summed E-state index contributed by atoms with van der Waals surface area (Å²) in [6.45, 7) is 3.09. The molecule has 19 heavy (non-hydrogen) atoms. The summed E-state index contributed by atoms with van der Waals surface area (Å²) in [5.41, 5.74) is 5.46. The first-order chi connectivity index (χ1) is 9.35. The number of hydrogen-bond acceptors (Lipinski definition) is 1. The predicted molar refractivity (Wildman–Crippen MR) is 81.6 cm³/mol. The molecule has 3 rings (SSSR count). The average Bonchev–Trinajstić information content (AvgIpc) is 3.31. The highest BCUT2D eigenvalue weighted by atomic mass is 14.9. The highest BCUT2D eigenvalue weighted by Gasteiger charge is 2.22. The highest BCUT2D eigenvalue weighted by Crippen LogP contribution is 2.39. The largest absolute Gasteiger partial charge is 0.381 e. The van der Waals surface area contributed by atoms with Gasteiger partial charge in [-0.25, -0.2) is 0 Å². The summed E-state index contributed by atoms with van der Waals surface area (Å²) in [5, 5.41) is 3.50. The summed E-state index contributed by atoms with van der Waals surface area (Å²) < 4.78 is 0. The molecule has 0 radical (unpaired) electrons. The smallest absolute Gasteiger partial charge is 0.0400 e. The first-order valence-corrected chi connectivity index (χ1v) is 7.27. The van der Waals surface area contributed by atoms with E-state index in [1.165, 1.54) is 35.2 Å². The lowest BCUT2D eigenvalue weighted by Gasteiger charge is -2.08. The summed E-state index contributed by atoms with van der Waals surface area (Å²) in [6.07, 6.45) is 3.84. The van der Waals surface area contributed by atoms with E-state index in [0.717, 1.165) is 18.9 Å². The highest BCUT2D eigenvalue weighted by molar-refractivity contribution is 5.46. The van der Waals surface area contributed by atoms with Crippen LogP contribution in [0.25, 0.3) is 0 Å². The third-order valence-corrected chi connectivity index (χ3v) is 3.86. The van der Waals surface area contributed by atoms with E-state index in [-0.39, 0.29) is 0 Å². The van der Waals surface area contributed by atoms with Crippen molar-refractivity contribution in [1.29, 1.82) is 0 Å². The van der Waals surface area contributed by atoms with E-state index in [2.05, 4.69) is 60.8 Å². The molecule has 1 nitrogen and oxygen atoms in total. The van der Waals surface area contributed by atoms with E-state index in [0.29, 0.717) is 0 Å². The molecular formula is C18H21N. The Morgan fingerprint density at radius 2 is 1.79 bits per heavy atom. The Hall–Kier alpha value is -1.76. The molecule has 0 spiro atoms. The number of benzene rings is 2. The number of nitrogens with one attached hydrogen (secondary N) is 1. The zero-order valence-electron chi connectivity index (χ0n) is 11.5. The second-order valence-corrected chi connectivity index (χ2v) is 5.42. The van der Waals surface area contributed by atoms with Crippen molar-refractivity contribution in [3.05, 3.63) is 65.2 Å². The van der Waals surface area contributed by atoms with Crippen molar-refractivity contribution in [2.75, 3.05) is 5.32 Å². The molecule has 0 aromatic heterocycles. The minimum atomic E-state index is 0.850. The van der Waals surface area contributed by atoms with Gasteiger partial charge in [-0.05, 0) is 54.0 Å². The Kier molecular flexibility index (Phi) is 3.54. The maximum absolute atomic E-state index is 3.50. The molecule has 1 aliphatic rings. The zero-order chi connectivity index (χ0) is 13.1. The van der Waals surface area contributed by atoms with Gasteiger partial charge in [0.25, 0.3) is 0 Å². The van der Waals surface area contributed by atoms with Crippen molar-refractivity contribution in [1.82, 2.24) is 0 Å². The van der Waals surface area contributed by atoms with E-state index in [9.17, 15) is 0 Å². The number of anilines is 1. The summed E-state index contributed by atoms with van der Waals surface area (Å²) >= 11 is 0. The minimum Gasteiger partial charge on any atom is -0.381 e. The normalized spacial score (nSPS) is 14.4. The molecule has 98 valence electrons. The fourth-order valence-corrected chi connectivity index (χ4v) is 2.43. The molecule has 1 saturated carbocycles. The predicted octanol–water partition coefficient (Wildman–Crippen LogP) is 4.74. The third kappa shape index (κ3) is 3.17. The lowest BCUT2D eigenvalue weighted by atomic mass is 10.1. The second-order valence-electron chi connectivity index (χ2n) is 5.42. The minimum absolute atomic E-state index is 0.850. The zero-order valence-corrected chi connectivity index (χ0v) is 11.5. The van der Waals surface area contributed by atoms with Crippen molar-refractivity contribution in [2.24, 2.45) is 0 Å². The van der Waals surface area contributed by atoms with E-state index >= 15 is 0 Å². The van der Waals surface area contributed by atoms with Crippen LogP contribution in [-0.4, -0.2) is 0 Å². The SMILES string of the molecule is CCc1cccc(NCc2ccc(C3CC3)cc2)c1. The van der Waals surface area contributed by atoms with Gasteiger partial charge in [-0.2, -0.15) is 0 Å². The summed E-state index contributed by atoms with van der Waals surface area (Å²) in [5.74, 6) is 0.850. The van der Waals surface area contributed by atoms with Crippen LogP contribution in [0.3, 0.4) is 0 Å². The topological polar surface area (TPSA) is 12.0 Å². The third-order valence-electron chi connectivity index (χ3n) is 3.86. The Morgan fingerprint density at radius 1 is 1.00 bits per heavy atom. The van der Waals surface area contributed by atoms with Gasteiger partial charge in [0.15, 0.2) is 0 Å². The van der Waals surface area contributed by atoms with Crippen molar-refractivity contribution in [2.45, 2.75) is 38.6 Å². The van der Waals surface area contributed by atoms with Crippen LogP contribution in [0.2, 0.25) is 0 Å². The molecule has 0 unspecified atom stereocenters. The number of aryl methyl sites for hydroxylation is 1. The molecule has 0 saturated heterocycles. The van der Waals surface area contributed by atoms with Gasteiger partial charge in [-0.1, -0.05) is 43.3 Å². The van der Waals surface area contributed by atoms with Gasteiger partial charge < -0.3 is 5.32 Å². The van der Waals surface area contributed by atoms with Crippen molar-refractivity contribution in [3.8, 4) is 0 Å². The van der Waals surface area contributed by atoms with Gasteiger partial charge in [0, 0.05) is 12.2 Å². The van der Waals surface area contributed by atoms with Crippen LogP contribution in [0.4, 0.5) is 5.69 Å². The van der Waals surface area contributed by atoms with Gasteiger partial charge in [0.1, 0.15) is 0 Å². The van der Waals surface area contributed by atoms with Crippen molar-refractivity contribution >= 4 is 5.69 Å². The molecular weight excluding hydrogens is 230 g/mol. The molecule has 0 atom stereocenters. The lowest BCUT2D eigenvalue weighted by Crippen LogP contribution is -1.99. The standard InChI is InChI=1S/C18H21N/c1-2-14-4-3-5-18(12-14)19-13-15-6-8-16(9-7-15)17-10-11-17/h3-9,12,17,19H,2,10-11,13H2,1H3. The monoisotopic (exact) mass is 251 g/mol. The van der Waals surface area contributed by atoms with E-state index in [4.69, 9.17) is 0 Å². The van der Waals surface area contributed by atoms with Crippen LogP contribution >= 0.6 is 0 Å². The number of rotatable bonds is 5. The van der Waals surface area contributed by atoms with E-state index < -0.39 is 0 Å². The maximum atomic E-state index is 3.50. The molecule has 0 aliphatic heterocycles. The molecule has 1 fully saturated rings. The van der Waals surface area contributed by atoms with Gasteiger partial charge in [-0.3, -0.25) is 0 Å². The van der Waals surface area contributed by atoms with E-state index in [1.807, 2.05) is 0 Å². The Labute approximate surface area is 115 Å². The van der Waals surface area contributed by atoms with Crippen LogP contribution < -0.4 is 5.32 Å². The lowest BCUT2D eigenvalue weighted by molar-refractivity contribution is 1.09. The molecule has 0 amide bonds. The first kappa shape index (κ1) is 12.3. The van der Waals surface area contributed by atoms with Gasteiger partial charge in [-0.15, -0.1) is 0 Å². The molecule has 1 aliphatic carbocycles. The van der Waals surface area contributed by atoms with E-state index in [1.54, 1.807) is 0 Å². The summed E-state index contributed by atoms with van der Waals surface area (Å²) in [7, 11) is 0. The van der Waals surface area contributed by atoms with Crippen LogP contribution in [0.1, 0.15) is 42.4 Å². The van der Waals surface area contributed by atoms with Crippen LogP contribution in [0, 0.1) is 0 Å². The van der Waals surface area contributed by atoms with Crippen LogP contribution in [0.5, 0.6) is 0 Å². The Morgan fingerprint density at radius 3 is 2.47 bits per heavy atom. The molecule has 1 N–H and O–H groups in total. The molecule has 0 bridgehead atoms.